The van der Waals surface area contributed by atoms with Crippen LogP contribution in [0.25, 0.3) is 28.4 Å². The van der Waals surface area contributed by atoms with Gasteiger partial charge in [-0.05, 0) is 110 Å². The summed E-state index contributed by atoms with van der Waals surface area (Å²) in [6, 6.07) is 36.7. The molecule has 0 aliphatic rings. The third-order valence-electron chi connectivity index (χ3n) is 9.47. The Bertz CT molecular complexity index is 2550. The van der Waals surface area contributed by atoms with Crippen LogP contribution >= 0.6 is 0 Å². The fourth-order valence-corrected chi connectivity index (χ4v) is 6.30. The maximum absolute atomic E-state index is 13.5. The fraction of sp³-hybridized carbons (Fsp3) is 0.208. The molecule has 7 aromatic rings. The summed E-state index contributed by atoms with van der Waals surface area (Å²) in [5.74, 6) is 1.69. The molecule has 0 saturated heterocycles. The number of phenolic OH excluding ortho intramolecular Hbond substituents is 1. The van der Waals surface area contributed by atoms with Gasteiger partial charge in [-0.2, -0.15) is 0 Å². The first-order chi connectivity index (χ1) is 28.9. The van der Waals surface area contributed by atoms with Gasteiger partial charge in [-0.25, -0.2) is 4.68 Å². The molecule has 2 aromatic heterocycles. The number of ether oxygens (including phenoxy) is 4. The number of aryl methyl sites for hydroxylation is 2. The van der Waals surface area contributed by atoms with Crippen LogP contribution < -0.4 is 19.6 Å². The molecule has 0 spiro atoms. The first kappa shape index (κ1) is 40.2. The first-order valence-corrected chi connectivity index (χ1v) is 19.6. The average Bonchev–Trinajstić information content (AvgIpc) is 3.72. The summed E-state index contributed by atoms with van der Waals surface area (Å²) in [6.07, 6.45) is 7.67. The molecule has 0 aliphatic carbocycles. The number of fused-ring (bicyclic) bond motifs is 1. The minimum absolute atomic E-state index is 0.0172. The second-order valence-electron chi connectivity index (χ2n) is 13.9. The number of aromatic hydroxyl groups is 1. The van der Waals surface area contributed by atoms with E-state index in [-0.39, 0.29) is 34.9 Å². The van der Waals surface area contributed by atoms with Gasteiger partial charge in [0.2, 0.25) is 11.2 Å². The SMILES string of the molecule is Cc1ccc(C(=O)/C=C/c2ccc(OCCCCc3cn(CCOCCOc4ccc(-c5oc6ccccc6c(=O)c5OCc5ccccc5)cc4)nn3)cc2)c(O)c1. The van der Waals surface area contributed by atoms with Crippen molar-refractivity contribution in [1.82, 2.24) is 15.0 Å². The van der Waals surface area contributed by atoms with Crippen LogP contribution in [-0.4, -0.2) is 52.3 Å². The van der Waals surface area contributed by atoms with E-state index in [2.05, 4.69) is 10.3 Å². The highest BCUT2D eigenvalue weighted by molar-refractivity contribution is 6.08. The summed E-state index contributed by atoms with van der Waals surface area (Å²) in [6.45, 7) is 4.48. The fourth-order valence-electron chi connectivity index (χ4n) is 6.30. The number of allylic oxidation sites excluding steroid dienone is 1. The molecule has 59 heavy (non-hydrogen) atoms. The molecule has 0 aliphatic heterocycles. The molecule has 0 atom stereocenters. The zero-order valence-electron chi connectivity index (χ0n) is 32.8. The van der Waals surface area contributed by atoms with Gasteiger partial charge in [-0.1, -0.05) is 72.0 Å². The standard InChI is InChI=1S/C48H45N3O8/c1-34-14-24-41(44(53)31-34)43(52)25-17-35-15-20-39(21-16-35)56-27-8-7-11-38-32-51(50-49-38)26-28-55-29-30-57-40-22-18-37(19-23-40)47-48(58-33-36-9-3-2-4-10-36)46(54)42-12-5-6-13-45(42)59-47/h2-6,9-10,12-25,31-32,53H,7-8,11,26-30,33H2,1H3/b25-17+. The molecule has 0 amide bonds. The van der Waals surface area contributed by atoms with E-state index in [1.54, 1.807) is 47.2 Å². The van der Waals surface area contributed by atoms with Crippen molar-refractivity contribution in [3.63, 3.8) is 0 Å². The largest absolute Gasteiger partial charge is 0.507 e. The molecule has 1 N–H and O–H groups in total. The van der Waals surface area contributed by atoms with E-state index >= 15 is 0 Å². The molecule has 0 saturated carbocycles. The summed E-state index contributed by atoms with van der Waals surface area (Å²) >= 11 is 0. The highest BCUT2D eigenvalue weighted by Crippen LogP contribution is 2.32. The van der Waals surface area contributed by atoms with E-state index in [1.165, 1.54) is 6.08 Å². The second-order valence-corrected chi connectivity index (χ2v) is 13.9. The molecule has 5 aromatic carbocycles. The van der Waals surface area contributed by atoms with E-state index in [1.807, 2.05) is 98.0 Å². The minimum Gasteiger partial charge on any atom is -0.507 e. The molecule has 0 radical (unpaired) electrons. The molecule has 300 valence electrons. The van der Waals surface area contributed by atoms with Crippen LogP contribution in [0.5, 0.6) is 23.0 Å². The number of phenols is 1. The van der Waals surface area contributed by atoms with Gasteiger partial charge in [0, 0.05) is 11.8 Å². The molecule has 11 heteroatoms. The van der Waals surface area contributed by atoms with Crippen LogP contribution in [0.15, 0.2) is 143 Å². The predicted octanol–water partition coefficient (Wildman–Crippen LogP) is 9.04. The van der Waals surface area contributed by atoms with Crippen molar-refractivity contribution in [2.24, 2.45) is 0 Å². The smallest absolute Gasteiger partial charge is 0.235 e. The Morgan fingerprint density at radius 2 is 1.54 bits per heavy atom. The number of aromatic nitrogens is 3. The topological polar surface area (TPSA) is 135 Å². The van der Waals surface area contributed by atoms with Crippen molar-refractivity contribution >= 4 is 22.8 Å². The molecule has 0 bridgehead atoms. The number of hydrogen-bond acceptors (Lipinski definition) is 10. The zero-order chi connectivity index (χ0) is 40.8. The highest BCUT2D eigenvalue weighted by Gasteiger charge is 2.18. The van der Waals surface area contributed by atoms with Gasteiger partial charge in [-0.3, -0.25) is 9.59 Å². The minimum atomic E-state index is -0.254. The van der Waals surface area contributed by atoms with Crippen molar-refractivity contribution < 1.29 is 33.3 Å². The quantitative estimate of drug-likeness (QED) is 0.0453. The lowest BCUT2D eigenvalue weighted by Crippen LogP contribution is -2.12. The average molecular weight is 792 g/mol. The van der Waals surface area contributed by atoms with Gasteiger partial charge in [0.1, 0.15) is 36.0 Å². The number of ketones is 1. The van der Waals surface area contributed by atoms with Crippen LogP contribution in [-0.2, 0) is 24.3 Å². The van der Waals surface area contributed by atoms with Crippen LogP contribution in [0, 0.1) is 6.92 Å². The number of carbonyl (C=O) groups excluding carboxylic acids is 1. The molecule has 11 nitrogen and oxygen atoms in total. The van der Waals surface area contributed by atoms with Gasteiger partial charge in [-0.15, -0.1) is 5.10 Å². The Kier molecular flexibility index (Phi) is 13.6. The van der Waals surface area contributed by atoms with Crippen molar-refractivity contribution in [2.45, 2.75) is 39.3 Å². The predicted molar refractivity (Wildman–Crippen MR) is 226 cm³/mol. The molecule has 0 unspecified atom stereocenters. The summed E-state index contributed by atoms with van der Waals surface area (Å²) in [4.78, 5) is 25.9. The Balaban J connectivity index is 0.785. The highest BCUT2D eigenvalue weighted by atomic mass is 16.5. The summed E-state index contributed by atoms with van der Waals surface area (Å²) in [7, 11) is 0. The summed E-state index contributed by atoms with van der Waals surface area (Å²) in [5, 5.41) is 19.0. The number of benzene rings is 5. The third kappa shape index (κ3) is 11.1. The lowest BCUT2D eigenvalue weighted by Gasteiger charge is -2.12. The first-order valence-electron chi connectivity index (χ1n) is 19.6. The summed E-state index contributed by atoms with van der Waals surface area (Å²) < 4.78 is 31.6. The van der Waals surface area contributed by atoms with Gasteiger partial charge in [0.05, 0.1) is 43.0 Å². The van der Waals surface area contributed by atoms with E-state index in [9.17, 15) is 14.7 Å². The molecular weight excluding hydrogens is 747 g/mol. The van der Waals surface area contributed by atoms with E-state index < -0.39 is 0 Å². The van der Waals surface area contributed by atoms with Crippen LogP contribution in [0.2, 0.25) is 0 Å². The lowest BCUT2D eigenvalue weighted by atomic mass is 10.1. The van der Waals surface area contributed by atoms with Gasteiger partial charge >= 0.3 is 0 Å². The Hall–Kier alpha value is -6.98. The molecule has 2 heterocycles. The van der Waals surface area contributed by atoms with Gasteiger partial charge in [0.25, 0.3) is 0 Å². The monoisotopic (exact) mass is 791 g/mol. The van der Waals surface area contributed by atoms with E-state index in [4.69, 9.17) is 23.4 Å². The van der Waals surface area contributed by atoms with Gasteiger partial charge < -0.3 is 28.5 Å². The van der Waals surface area contributed by atoms with Crippen LogP contribution in [0.3, 0.4) is 0 Å². The Morgan fingerprint density at radius 3 is 2.34 bits per heavy atom. The van der Waals surface area contributed by atoms with E-state index in [0.717, 1.165) is 47.4 Å². The molecule has 7 rings (SSSR count). The number of rotatable bonds is 20. The maximum Gasteiger partial charge on any atom is 0.235 e. The number of hydrogen-bond donors (Lipinski definition) is 1. The van der Waals surface area contributed by atoms with Crippen molar-refractivity contribution in [3.8, 4) is 34.3 Å². The molecular formula is C48H45N3O8. The van der Waals surface area contributed by atoms with Crippen LogP contribution in [0.1, 0.15) is 45.6 Å². The van der Waals surface area contributed by atoms with Crippen molar-refractivity contribution in [1.29, 1.82) is 0 Å². The number of carbonyl (C=O) groups is 1. The lowest BCUT2D eigenvalue weighted by molar-refractivity contribution is 0.0923. The number of para-hydroxylation sites is 1. The zero-order valence-corrected chi connectivity index (χ0v) is 32.8. The van der Waals surface area contributed by atoms with E-state index in [0.29, 0.717) is 61.0 Å². The van der Waals surface area contributed by atoms with Gasteiger partial charge in [0.15, 0.2) is 11.5 Å². The Labute approximate surface area is 342 Å². The van der Waals surface area contributed by atoms with Crippen molar-refractivity contribution in [2.75, 3.05) is 26.4 Å². The summed E-state index contributed by atoms with van der Waals surface area (Å²) in [5.41, 5.74) is 4.86. The normalized spacial score (nSPS) is 11.3. The number of nitrogens with zero attached hydrogens (tertiary/aromatic N) is 3. The number of unbranched alkanes of at least 4 members (excludes halogenated alkanes) is 1. The van der Waals surface area contributed by atoms with Crippen molar-refractivity contribution in [3.05, 3.63) is 172 Å². The third-order valence-corrected chi connectivity index (χ3v) is 9.47. The molecule has 0 fully saturated rings. The maximum atomic E-state index is 13.5. The Morgan fingerprint density at radius 1 is 0.797 bits per heavy atom. The second kappa shape index (κ2) is 19.9. The van der Waals surface area contributed by atoms with Crippen LogP contribution in [0.4, 0.5) is 0 Å².